The van der Waals surface area contributed by atoms with Crippen LogP contribution in [0.15, 0.2) is 107 Å². The quantitative estimate of drug-likeness (QED) is 0.109. The highest BCUT2D eigenvalue weighted by Gasteiger charge is 2.12. The lowest BCUT2D eigenvalue weighted by Crippen LogP contribution is -2.27. The molecule has 7 heteroatoms. The molecule has 3 rings (SSSR count). The van der Waals surface area contributed by atoms with E-state index in [0.29, 0.717) is 12.2 Å². The van der Waals surface area contributed by atoms with Crippen LogP contribution in [-0.2, 0) is 14.3 Å². The highest BCUT2D eigenvalue weighted by Crippen LogP contribution is 2.19. The van der Waals surface area contributed by atoms with Crippen molar-refractivity contribution in [1.29, 1.82) is 0 Å². The maximum Gasteiger partial charge on any atom is 0.226 e. The zero-order valence-corrected chi connectivity index (χ0v) is 47.0. The number of aliphatic imine (C=N–C) groups is 1. The molecule has 1 aliphatic rings. The Hall–Kier alpha value is -4.65. The zero-order chi connectivity index (χ0) is 52.2. The molecule has 0 saturated heterocycles. The van der Waals surface area contributed by atoms with Crippen LogP contribution >= 0.6 is 0 Å². The fraction of sp³-hybridized carbons (Fsp3) is 0.583. The molecule has 2 amide bonds. The Kier molecular flexibility index (Phi) is 47.8. The van der Waals surface area contributed by atoms with E-state index >= 15 is 0 Å². The maximum atomic E-state index is 10.5. The molecule has 3 N–H and O–H groups in total. The van der Waals surface area contributed by atoms with Crippen LogP contribution in [0.5, 0.6) is 0 Å². The summed E-state index contributed by atoms with van der Waals surface area (Å²) in [5, 5.41) is 8.74. The summed E-state index contributed by atoms with van der Waals surface area (Å²) in [4.78, 5) is 25.4. The van der Waals surface area contributed by atoms with Gasteiger partial charge in [0.2, 0.25) is 11.8 Å². The lowest BCUT2D eigenvalue weighted by Gasteiger charge is -2.22. The van der Waals surface area contributed by atoms with Gasteiger partial charge in [-0.15, -0.1) is 0 Å². The van der Waals surface area contributed by atoms with E-state index in [1.54, 1.807) is 0 Å². The van der Waals surface area contributed by atoms with Crippen LogP contribution in [-0.4, -0.2) is 30.7 Å². The fourth-order valence-electron chi connectivity index (χ4n) is 5.93. The monoisotopic (exact) mass is 929 g/mol. The van der Waals surface area contributed by atoms with Crippen LogP contribution in [0.3, 0.4) is 0 Å². The van der Waals surface area contributed by atoms with Crippen molar-refractivity contribution >= 4 is 23.2 Å². The number of allylic oxidation sites excluding steroid dienone is 6. The number of hydrogen-bond acceptors (Lipinski definition) is 6. The average molecular weight is 930 g/mol. The van der Waals surface area contributed by atoms with Crippen LogP contribution in [0.1, 0.15) is 210 Å². The summed E-state index contributed by atoms with van der Waals surface area (Å²) in [6, 6.07) is 14.7. The molecule has 0 aromatic heterocycles. The minimum Gasteiger partial charge on any atom is -0.494 e. The molecule has 1 aliphatic heterocycles. The first-order chi connectivity index (χ1) is 31.8. The molecule has 0 radical (unpaired) electrons. The van der Waals surface area contributed by atoms with E-state index in [2.05, 4.69) is 181 Å². The van der Waals surface area contributed by atoms with Crippen LogP contribution in [0.2, 0.25) is 0 Å². The Morgan fingerprint density at radius 2 is 1.27 bits per heavy atom. The van der Waals surface area contributed by atoms with Gasteiger partial charge in [-0.2, -0.15) is 0 Å². The SMILES string of the molecule is C=C(/N=C(CC)\C(=C/C)CCC)Nc1ccc(C)cc1.C=C/C(C)=C(/C)C1=C(C)OCCN1.CCCC.CCCC.CCCC(=O)NC(C)=O.CCCC(C)CCC.Cc1ccc(C)c(C)c1. The molecule has 2 aromatic carbocycles. The molecule has 0 atom stereocenters. The first kappa shape index (κ1) is 68.9. The number of carbonyl (C=O) groups excluding carboxylic acids is 2. The second kappa shape index (κ2) is 46.5. The van der Waals surface area contributed by atoms with Gasteiger partial charge in [0.15, 0.2) is 0 Å². The van der Waals surface area contributed by atoms with E-state index in [4.69, 9.17) is 4.74 Å². The summed E-state index contributed by atoms with van der Waals surface area (Å²) < 4.78 is 5.45. The normalized spacial score (nSPS) is 11.9. The molecule has 0 fully saturated rings. The van der Waals surface area contributed by atoms with Gasteiger partial charge in [0, 0.05) is 31.3 Å². The van der Waals surface area contributed by atoms with Crippen LogP contribution in [0, 0.1) is 33.6 Å². The highest BCUT2D eigenvalue weighted by molar-refractivity contribution is 6.00. The molecule has 0 aliphatic carbocycles. The van der Waals surface area contributed by atoms with Crippen molar-refractivity contribution in [3.63, 3.8) is 0 Å². The largest absolute Gasteiger partial charge is 0.494 e. The molecule has 0 saturated carbocycles. The Morgan fingerprint density at radius 1 is 0.746 bits per heavy atom. The summed E-state index contributed by atoms with van der Waals surface area (Å²) in [7, 11) is 0. The molecule has 0 spiro atoms. The number of hydrogen-bond donors (Lipinski definition) is 3. The van der Waals surface area contributed by atoms with Crippen molar-refractivity contribution in [3.8, 4) is 0 Å². The Morgan fingerprint density at radius 3 is 1.66 bits per heavy atom. The number of nitrogens with one attached hydrogen (secondary N) is 3. The third kappa shape index (κ3) is 40.2. The Bertz CT molecular complexity index is 1720. The van der Waals surface area contributed by atoms with Gasteiger partial charge in [0.25, 0.3) is 0 Å². The van der Waals surface area contributed by atoms with E-state index in [1.807, 2.05) is 32.1 Å². The number of carbonyl (C=O) groups is 2. The number of amides is 2. The van der Waals surface area contributed by atoms with E-state index in [9.17, 15) is 9.59 Å². The lowest BCUT2D eigenvalue weighted by atomic mass is 10.0. The summed E-state index contributed by atoms with van der Waals surface area (Å²) in [5.74, 6) is 2.16. The molecule has 382 valence electrons. The Balaban J connectivity index is -0.000000370. The summed E-state index contributed by atoms with van der Waals surface area (Å²) in [5.41, 5.74) is 12.3. The van der Waals surface area contributed by atoms with Crippen molar-refractivity contribution in [2.24, 2.45) is 10.9 Å². The summed E-state index contributed by atoms with van der Waals surface area (Å²) in [6.07, 6.45) is 19.2. The number of rotatable bonds is 17. The van der Waals surface area contributed by atoms with Gasteiger partial charge in [0.1, 0.15) is 18.2 Å². The molecule has 67 heavy (non-hydrogen) atoms. The minimum atomic E-state index is -0.284. The second-order valence-corrected chi connectivity index (χ2v) is 17.3. The van der Waals surface area contributed by atoms with E-state index in [0.717, 1.165) is 67.6 Å². The predicted octanol–water partition coefficient (Wildman–Crippen LogP) is 17.7. The van der Waals surface area contributed by atoms with Gasteiger partial charge in [0.05, 0.1) is 5.70 Å². The maximum absolute atomic E-state index is 10.5. The number of aryl methyl sites for hydroxylation is 4. The number of unbranched alkanes of at least 4 members (excludes halogenated alkanes) is 2. The van der Waals surface area contributed by atoms with Crippen LogP contribution < -0.4 is 16.0 Å². The molecule has 0 unspecified atom stereocenters. The van der Waals surface area contributed by atoms with Crippen LogP contribution in [0.4, 0.5) is 5.69 Å². The minimum absolute atomic E-state index is 0.190. The molecule has 7 nitrogen and oxygen atoms in total. The molecule has 0 bridgehead atoms. The van der Waals surface area contributed by atoms with Crippen molar-refractivity contribution in [2.75, 3.05) is 18.5 Å². The van der Waals surface area contributed by atoms with E-state index in [-0.39, 0.29) is 11.8 Å². The second-order valence-electron chi connectivity index (χ2n) is 17.3. The number of benzene rings is 2. The lowest BCUT2D eigenvalue weighted by molar-refractivity contribution is -0.129. The van der Waals surface area contributed by atoms with Gasteiger partial charge in [-0.1, -0.05) is 194 Å². The topological polar surface area (TPSA) is 91.8 Å². The van der Waals surface area contributed by atoms with Gasteiger partial charge in [-0.3, -0.25) is 14.9 Å². The van der Waals surface area contributed by atoms with Gasteiger partial charge >= 0.3 is 0 Å². The summed E-state index contributed by atoms with van der Waals surface area (Å²) in [6.45, 7) is 49.2. The number of ether oxygens (including phenoxy) is 1. The van der Waals surface area contributed by atoms with Gasteiger partial charge in [-0.05, 0) is 121 Å². The molecule has 1 heterocycles. The van der Waals surface area contributed by atoms with Gasteiger partial charge < -0.3 is 15.4 Å². The number of imide groups is 1. The predicted molar refractivity (Wildman–Crippen MR) is 300 cm³/mol. The smallest absolute Gasteiger partial charge is 0.226 e. The van der Waals surface area contributed by atoms with Gasteiger partial charge in [-0.25, -0.2) is 4.99 Å². The number of anilines is 1. The first-order valence-electron chi connectivity index (χ1n) is 25.7. The Labute approximate surface area is 415 Å². The molecule has 2 aromatic rings. The summed E-state index contributed by atoms with van der Waals surface area (Å²) >= 11 is 0. The molecular weight excluding hydrogens is 825 g/mol. The van der Waals surface area contributed by atoms with Crippen molar-refractivity contribution < 1.29 is 14.3 Å². The zero-order valence-electron chi connectivity index (χ0n) is 47.0. The fourth-order valence-corrected chi connectivity index (χ4v) is 5.93. The third-order valence-electron chi connectivity index (χ3n) is 10.5. The molecular formula is C60H104N4O3. The van der Waals surface area contributed by atoms with Crippen molar-refractivity contribution in [1.82, 2.24) is 10.6 Å². The first-order valence-corrected chi connectivity index (χ1v) is 25.7. The third-order valence-corrected chi connectivity index (χ3v) is 10.5. The van der Waals surface area contributed by atoms with Crippen molar-refractivity contribution in [3.05, 3.63) is 124 Å². The van der Waals surface area contributed by atoms with Crippen LogP contribution in [0.25, 0.3) is 0 Å². The van der Waals surface area contributed by atoms with Crippen molar-refractivity contribution in [2.45, 2.75) is 215 Å². The highest BCUT2D eigenvalue weighted by atomic mass is 16.5. The van der Waals surface area contributed by atoms with E-state index in [1.165, 1.54) is 97.3 Å². The number of nitrogens with zero attached hydrogens (tertiary/aromatic N) is 1. The standard InChI is InChI=1S/C18H26N2.C11H17NO.C9H12.C8H18.C6H11NO2.2C4H10/c1-6-9-16(7-2)18(8-3)20-15(5)19-17-12-10-14(4)11-13-17;1-5-8(2)9(3)11-10(4)13-7-6-12-11;1-7-4-5-8(2)9(3)6-7;1-4-6-8(3)7-5-2;1-3-4-6(9)7-5(2)8;2*1-3-4-2/h7,10-13,19H,5-6,8-9H2,1-4H3;5,12H,1,6-7H2,2-4H3;4-6H,1-3H3;8H,4-7H2,1-3H3;3-4H2,1-2H3,(H,7,8,9);2*3-4H2,1-2H3/b16-7-,20-18-;9-8-;;;;;. The van der Waals surface area contributed by atoms with E-state index < -0.39 is 0 Å². The average Bonchev–Trinajstić information content (AvgIpc) is 3.30.